The maximum absolute atomic E-state index is 12.5. The Balaban J connectivity index is 1.58. The van der Waals surface area contributed by atoms with Crippen molar-refractivity contribution in [3.63, 3.8) is 0 Å². The summed E-state index contributed by atoms with van der Waals surface area (Å²) in [6.45, 7) is 2.36. The third-order valence-electron chi connectivity index (χ3n) is 4.80. The van der Waals surface area contributed by atoms with Crippen LogP contribution < -0.4 is 15.4 Å². The number of furan rings is 1. The molecule has 0 aliphatic rings. The molecule has 3 aromatic rings. The lowest BCUT2D eigenvalue weighted by atomic mass is 10.1. The number of hydrogen-bond donors (Lipinski definition) is 2. The molecule has 1 aromatic heterocycles. The van der Waals surface area contributed by atoms with E-state index in [9.17, 15) is 9.59 Å². The zero-order chi connectivity index (χ0) is 21.5. The molecule has 2 N–H and O–H groups in total. The lowest BCUT2D eigenvalue weighted by Gasteiger charge is -2.22. The molecule has 2 aromatic carbocycles. The van der Waals surface area contributed by atoms with Crippen molar-refractivity contribution in [2.45, 2.75) is 19.5 Å². The first-order valence-electron chi connectivity index (χ1n) is 9.56. The van der Waals surface area contributed by atoms with Gasteiger partial charge in [-0.2, -0.15) is 0 Å². The number of carbonyl (C=O) groups excluding carboxylic acids is 2. The number of rotatable bonds is 8. The molecule has 0 aliphatic carbocycles. The first-order valence-corrected chi connectivity index (χ1v) is 9.56. The SMILES string of the molecule is COc1ccccc1NC(=O)c1ccc(NC(=O)C(C)N(C)Cc2ccco2)cc1. The molecule has 0 fully saturated rings. The molecule has 0 aliphatic heterocycles. The highest BCUT2D eigenvalue weighted by Gasteiger charge is 2.19. The molecule has 1 unspecified atom stereocenters. The number of ether oxygens (including phenoxy) is 1. The standard InChI is InChI=1S/C23H25N3O4/c1-16(26(2)15-19-7-6-14-30-19)22(27)24-18-12-10-17(11-13-18)23(28)25-20-8-4-5-9-21(20)29-3/h4-14,16H,15H2,1-3H3,(H,24,27)(H,25,28). The highest BCUT2D eigenvalue weighted by atomic mass is 16.5. The van der Waals surface area contributed by atoms with Crippen LogP contribution in [0.2, 0.25) is 0 Å². The van der Waals surface area contributed by atoms with E-state index in [1.165, 1.54) is 0 Å². The monoisotopic (exact) mass is 407 g/mol. The lowest BCUT2D eigenvalue weighted by Crippen LogP contribution is -2.39. The van der Waals surface area contributed by atoms with Gasteiger partial charge in [0.15, 0.2) is 0 Å². The van der Waals surface area contributed by atoms with Gasteiger partial charge in [0, 0.05) is 11.3 Å². The first kappa shape index (κ1) is 21.1. The number of nitrogens with zero attached hydrogens (tertiary/aromatic N) is 1. The number of likely N-dealkylation sites (N-methyl/N-ethyl adjacent to an activating group) is 1. The summed E-state index contributed by atoms with van der Waals surface area (Å²) < 4.78 is 10.6. The maximum Gasteiger partial charge on any atom is 0.255 e. The van der Waals surface area contributed by atoms with Crippen molar-refractivity contribution in [2.24, 2.45) is 0 Å². The van der Waals surface area contributed by atoms with Gasteiger partial charge in [0.25, 0.3) is 5.91 Å². The Bertz CT molecular complexity index is 984. The highest BCUT2D eigenvalue weighted by Crippen LogP contribution is 2.24. The van der Waals surface area contributed by atoms with E-state index in [1.807, 2.05) is 43.1 Å². The summed E-state index contributed by atoms with van der Waals surface area (Å²) in [5, 5.41) is 5.70. The fourth-order valence-corrected chi connectivity index (χ4v) is 2.88. The first-order chi connectivity index (χ1) is 14.5. The van der Waals surface area contributed by atoms with Crippen molar-refractivity contribution in [3.05, 3.63) is 78.3 Å². The molecule has 7 heteroatoms. The van der Waals surface area contributed by atoms with Crippen LogP contribution in [0.15, 0.2) is 71.3 Å². The van der Waals surface area contributed by atoms with Gasteiger partial charge in [0.2, 0.25) is 5.91 Å². The van der Waals surface area contributed by atoms with Crippen molar-refractivity contribution in [1.29, 1.82) is 0 Å². The Hall–Kier alpha value is -3.58. The van der Waals surface area contributed by atoms with Crippen LogP contribution in [-0.4, -0.2) is 36.9 Å². The summed E-state index contributed by atoms with van der Waals surface area (Å²) in [6, 6.07) is 17.3. The average molecular weight is 407 g/mol. The fraction of sp³-hybridized carbons (Fsp3) is 0.217. The van der Waals surface area contributed by atoms with Gasteiger partial charge in [-0.25, -0.2) is 0 Å². The molecule has 156 valence electrons. The van der Waals surface area contributed by atoms with Gasteiger partial charge in [-0.05, 0) is 62.5 Å². The van der Waals surface area contributed by atoms with Crippen LogP contribution >= 0.6 is 0 Å². The number of benzene rings is 2. The van der Waals surface area contributed by atoms with Gasteiger partial charge in [-0.15, -0.1) is 0 Å². The predicted molar refractivity (Wildman–Crippen MR) is 116 cm³/mol. The Kier molecular flexibility index (Phi) is 6.87. The average Bonchev–Trinajstić information content (AvgIpc) is 3.27. The van der Waals surface area contributed by atoms with E-state index in [4.69, 9.17) is 9.15 Å². The molecule has 1 atom stereocenters. The minimum atomic E-state index is -0.358. The third-order valence-corrected chi connectivity index (χ3v) is 4.80. The number of hydrogen-bond acceptors (Lipinski definition) is 5. The molecule has 3 rings (SSSR count). The van der Waals surface area contributed by atoms with E-state index in [0.29, 0.717) is 29.2 Å². The van der Waals surface area contributed by atoms with Crippen LogP contribution in [0.4, 0.5) is 11.4 Å². The van der Waals surface area contributed by atoms with E-state index in [2.05, 4.69) is 10.6 Å². The summed E-state index contributed by atoms with van der Waals surface area (Å²) in [7, 11) is 3.41. The van der Waals surface area contributed by atoms with E-state index in [0.717, 1.165) is 5.76 Å². The molecule has 0 saturated heterocycles. The van der Waals surface area contributed by atoms with Crippen LogP contribution in [0, 0.1) is 0 Å². The molecule has 7 nitrogen and oxygen atoms in total. The summed E-state index contributed by atoms with van der Waals surface area (Å²) in [5.74, 6) is 0.976. The van der Waals surface area contributed by atoms with Gasteiger partial charge < -0.3 is 19.8 Å². The topological polar surface area (TPSA) is 83.8 Å². The molecule has 30 heavy (non-hydrogen) atoms. The minimum absolute atomic E-state index is 0.143. The largest absolute Gasteiger partial charge is 0.495 e. The van der Waals surface area contributed by atoms with Crippen molar-refractivity contribution < 1.29 is 18.7 Å². The number of anilines is 2. The van der Waals surface area contributed by atoms with E-state index in [1.54, 1.807) is 49.8 Å². The zero-order valence-electron chi connectivity index (χ0n) is 17.2. The van der Waals surface area contributed by atoms with Gasteiger partial charge in [0.1, 0.15) is 11.5 Å². The summed E-state index contributed by atoms with van der Waals surface area (Å²) in [5.41, 5.74) is 1.68. The highest BCUT2D eigenvalue weighted by molar-refractivity contribution is 6.05. The molecule has 2 amide bonds. The summed E-state index contributed by atoms with van der Waals surface area (Å²) >= 11 is 0. The van der Waals surface area contributed by atoms with Gasteiger partial charge in [0.05, 0.1) is 31.6 Å². The second-order valence-electron chi connectivity index (χ2n) is 6.89. The second kappa shape index (κ2) is 9.76. The number of para-hydroxylation sites is 2. The van der Waals surface area contributed by atoms with Crippen LogP contribution in [0.25, 0.3) is 0 Å². The zero-order valence-corrected chi connectivity index (χ0v) is 17.2. The van der Waals surface area contributed by atoms with E-state index in [-0.39, 0.29) is 17.9 Å². The molecule has 0 radical (unpaired) electrons. The second-order valence-corrected chi connectivity index (χ2v) is 6.89. The van der Waals surface area contributed by atoms with Gasteiger partial charge in [-0.1, -0.05) is 12.1 Å². The van der Waals surface area contributed by atoms with Crippen molar-refractivity contribution >= 4 is 23.2 Å². The van der Waals surface area contributed by atoms with E-state index < -0.39 is 0 Å². The van der Waals surface area contributed by atoms with Gasteiger partial charge in [-0.3, -0.25) is 14.5 Å². The van der Waals surface area contributed by atoms with E-state index >= 15 is 0 Å². The maximum atomic E-state index is 12.5. The Labute approximate surface area is 175 Å². The quantitative estimate of drug-likeness (QED) is 0.590. The van der Waals surface area contributed by atoms with Crippen LogP contribution in [-0.2, 0) is 11.3 Å². The third kappa shape index (κ3) is 5.27. The molecule has 0 spiro atoms. The molecular formula is C23H25N3O4. The molecular weight excluding hydrogens is 382 g/mol. The van der Waals surface area contributed by atoms with Crippen LogP contribution in [0.3, 0.4) is 0 Å². The van der Waals surface area contributed by atoms with Crippen LogP contribution in [0.5, 0.6) is 5.75 Å². The number of nitrogens with one attached hydrogen (secondary N) is 2. The van der Waals surface area contributed by atoms with Crippen molar-refractivity contribution in [3.8, 4) is 5.75 Å². The normalized spacial score (nSPS) is 11.7. The number of methoxy groups -OCH3 is 1. The van der Waals surface area contributed by atoms with Gasteiger partial charge >= 0.3 is 0 Å². The predicted octanol–water partition coefficient (Wildman–Crippen LogP) is 4.00. The Morgan fingerprint density at radius 3 is 2.43 bits per heavy atom. The smallest absolute Gasteiger partial charge is 0.255 e. The van der Waals surface area contributed by atoms with Crippen LogP contribution in [0.1, 0.15) is 23.0 Å². The number of carbonyl (C=O) groups is 2. The van der Waals surface area contributed by atoms with Crippen molar-refractivity contribution in [1.82, 2.24) is 4.90 Å². The number of amides is 2. The minimum Gasteiger partial charge on any atom is -0.495 e. The Morgan fingerprint density at radius 1 is 1.03 bits per heavy atom. The molecule has 1 heterocycles. The molecule has 0 saturated carbocycles. The molecule has 0 bridgehead atoms. The lowest BCUT2D eigenvalue weighted by molar-refractivity contribution is -0.120. The summed E-state index contributed by atoms with van der Waals surface area (Å²) in [6.07, 6.45) is 1.61. The van der Waals surface area contributed by atoms with Crippen molar-refractivity contribution in [2.75, 3.05) is 24.8 Å². The fourth-order valence-electron chi connectivity index (χ4n) is 2.88. The Morgan fingerprint density at radius 2 is 1.77 bits per heavy atom. The summed E-state index contributed by atoms with van der Waals surface area (Å²) in [4.78, 5) is 26.9.